The third-order valence-corrected chi connectivity index (χ3v) is 3.76. The lowest BCUT2D eigenvalue weighted by Gasteiger charge is -2.13. The molecule has 110 valence electrons. The maximum atomic E-state index is 12.6. The van der Waals surface area contributed by atoms with Gasteiger partial charge in [0.2, 0.25) is 0 Å². The summed E-state index contributed by atoms with van der Waals surface area (Å²) in [5, 5.41) is 31.0. The Morgan fingerprint density at radius 3 is 1.95 bits per heavy atom. The third-order valence-electron chi connectivity index (χ3n) is 3.76. The SMILES string of the molecule is Cc1c(C(=O)c2ccc(O)cc2)c(O)c2ccccc2c1O. The molecule has 3 aromatic carbocycles. The molecule has 22 heavy (non-hydrogen) atoms. The number of fused-ring (bicyclic) bond motifs is 1. The molecule has 0 aliphatic rings. The van der Waals surface area contributed by atoms with Gasteiger partial charge in [-0.25, -0.2) is 0 Å². The first-order valence-corrected chi connectivity index (χ1v) is 6.77. The molecule has 0 aromatic heterocycles. The van der Waals surface area contributed by atoms with Crippen molar-refractivity contribution in [3.63, 3.8) is 0 Å². The lowest BCUT2D eigenvalue weighted by Crippen LogP contribution is -2.05. The molecule has 0 bridgehead atoms. The maximum absolute atomic E-state index is 12.6. The molecular weight excluding hydrogens is 280 g/mol. The average molecular weight is 294 g/mol. The van der Waals surface area contributed by atoms with E-state index in [0.717, 1.165) is 0 Å². The van der Waals surface area contributed by atoms with Gasteiger partial charge in [-0.05, 0) is 31.2 Å². The molecule has 3 aromatic rings. The molecule has 0 atom stereocenters. The predicted octanol–water partition coefficient (Wildman–Crippen LogP) is 3.50. The molecule has 0 amide bonds. The maximum Gasteiger partial charge on any atom is 0.197 e. The smallest absolute Gasteiger partial charge is 0.197 e. The van der Waals surface area contributed by atoms with Gasteiger partial charge in [0, 0.05) is 21.9 Å². The molecule has 3 rings (SSSR count). The van der Waals surface area contributed by atoms with Gasteiger partial charge in [0.25, 0.3) is 0 Å². The molecule has 0 saturated heterocycles. The Kier molecular flexibility index (Phi) is 3.22. The molecule has 0 unspecified atom stereocenters. The van der Waals surface area contributed by atoms with Gasteiger partial charge in [0.15, 0.2) is 5.78 Å². The molecule has 0 fully saturated rings. The van der Waals surface area contributed by atoms with Crippen LogP contribution in [0.15, 0.2) is 48.5 Å². The van der Waals surface area contributed by atoms with Crippen LogP contribution in [0.4, 0.5) is 0 Å². The predicted molar refractivity (Wildman–Crippen MR) is 83.6 cm³/mol. The van der Waals surface area contributed by atoms with E-state index in [9.17, 15) is 20.1 Å². The Balaban J connectivity index is 2.26. The highest BCUT2D eigenvalue weighted by molar-refractivity contribution is 6.15. The zero-order chi connectivity index (χ0) is 15.9. The number of rotatable bonds is 2. The van der Waals surface area contributed by atoms with Gasteiger partial charge >= 0.3 is 0 Å². The zero-order valence-corrected chi connectivity index (χ0v) is 11.9. The number of ketones is 1. The summed E-state index contributed by atoms with van der Waals surface area (Å²) in [5.41, 5.74) is 0.724. The summed E-state index contributed by atoms with van der Waals surface area (Å²) in [6.45, 7) is 1.59. The molecule has 0 radical (unpaired) electrons. The fraction of sp³-hybridized carbons (Fsp3) is 0.0556. The first-order chi connectivity index (χ1) is 10.5. The Hall–Kier alpha value is -3.01. The fourth-order valence-corrected chi connectivity index (χ4v) is 2.56. The van der Waals surface area contributed by atoms with Crippen LogP contribution in [-0.2, 0) is 0 Å². The summed E-state index contributed by atoms with van der Waals surface area (Å²) >= 11 is 0. The molecular formula is C18H14O4. The number of phenols is 3. The molecule has 0 heterocycles. The van der Waals surface area contributed by atoms with Crippen molar-refractivity contribution in [3.8, 4) is 17.2 Å². The quantitative estimate of drug-likeness (QED) is 0.499. The van der Waals surface area contributed by atoms with Crippen LogP contribution < -0.4 is 0 Å². The second-order valence-electron chi connectivity index (χ2n) is 5.12. The van der Waals surface area contributed by atoms with E-state index in [2.05, 4.69) is 0 Å². The molecule has 0 spiro atoms. The Morgan fingerprint density at radius 2 is 1.36 bits per heavy atom. The van der Waals surface area contributed by atoms with E-state index in [1.54, 1.807) is 31.2 Å². The minimum absolute atomic E-state index is 0.0180. The van der Waals surface area contributed by atoms with Crippen LogP contribution >= 0.6 is 0 Å². The fourth-order valence-electron chi connectivity index (χ4n) is 2.56. The van der Waals surface area contributed by atoms with E-state index in [0.29, 0.717) is 21.9 Å². The summed E-state index contributed by atoms with van der Waals surface area (Å²) in [5.74, 6) is -0.519. The van der Waals surface area contributed by atoms with Crippen molar-refractivity contribution in [2.75, 3.05) is 0 Å². The minimum atomic E-state index is -0.406. The lowest BCUT2D eigenvalue weighted by molar-refractivity contribution is 0.103. The molecule has 0 aliphatic heterocycles. The summed E-state index contributed by atoms with van der Waals surface area (Å²) in [4.78, 5) is 12.6. The monoisotopic (exact) mass is 294 g/mol. The van der Waals surface area contributed by atoms with Crippen LogP contribution in [0, 0.1) is 6.92 Å². The topological polar surface area (TPSA) is 77.8 Å². The summed E-state index contributed by atoms with van der Waals surface area (Å²) < 4.78 is 0. The second-order valence-corrected chi connectivity index (χ2v) is 5.12. The van der Waals surface area contributed by atoms with E-state index in [1.807, 2.05) is 0 Å². The van der Waals surface area contributed by atoms with Gasteiger partial charge in [0.05, 0.1) is 5.56 Å². The standard InChI is InChI=1S/C18H14O4/c1-10-15(17(21)11-6-8-12(19)9-7-11)18(22)14-5-3-2-4-13(14)16(10)20/h2-9,19-20,22H,1H3. The highest BCUT2D eigenvalue weighted by Gasteiger charge is 2.22. The highest BCUT2D eigenvalue weighted by atomic mass is 16.3. The van der Waals surface area contributed by atoms with Crippen molar-refractivity contribution in [2.45, 2.75) is 6.92 Å². The Bertz CT molecular complexity index is 880. The normalized spacial score (nSPS) is 10.8. The average Bonchev–Trinajstić information content (AvgIpc) is 2.53. The van der Waals surface area contributed by atoms with E-state index < -0.39 is 5.78 Å². The zero-order valence-electron chi connectivity index (χ0n) is 11.9. The second kappa shape index (κ2) is 5.07. The summed E-state index contributed by atoms with van der Waals surface area (Å²) in [6.07, 6.45) is 0. The number of benzene rings is 3. The molecule has 0 aliphatic carbocycles. The van der Waals surface area contributed by atoms with Gasteiger partial charge in [0.1, 0.15) is 17.2 Å². The molecule has 3 N–H and O–H groups in total. The number of hydrogen-bond acceptors (Lipinski definition) is 4. The number of carbonyl (C=O) groups is 1. The lowest BCUT2D eigenvalue weighted by atomic mass is 9.93. The number of aromatic hydroxyl groups is 3. The van der Waals surface area contributed by atoms with Crippen LogP contribution in [0.2, 0.25) is 0 Å². The van der Waals surface area contributed by atoms with Crippen molar-refractivity contribution in [1.82, 2.24) is 0 Å². The van der Waals surface area contributed by atoms with Gasteiger partial charge in [-0.15, -0.1) is 0 Å². The van der Waals surface area contributed by atoms with Crippen LogP contribution in [0.1, 0.15) is 21.5 Å². The van der Waals surface area contributed by atoms with Crippen molar-refractivity contribution >= 4 is 16.6 Å². The first-order valence-electron chi connectivity index (χ1n) is 6.77. The Morgan fingerprint density at radius 1 is 0.818 bits per heavy atom. The third kappa shape index (κ3) is 2.05. The van der Waals surface area contributed by atoms with Gasteiger partial charge in [-0.3, -0.25) is 4.79 Å². The van der Waals surface area contributed by atoms with Gasteiger partial charge < -0.3 is 15.3 Å². The van der Waals surface area contributed by atoms with Crippen LogP contribution in [-0.4, -0.2) is 21.1 Å². The summed E-state index contributed by atoms with van der Waals surface area (Å²) in [6, 6.07) is 12.6. The molecule has 4 nitrogen and oxygen atoms in total. The van der Waals surface area contributed by atoms with Crippen molar-refractivity contribution in [1.29, 1.82) is 0 Å². The minimum Gasteiger partial charge on any atom is -0.508 e. The number of phenolic OH excluding ortho intramolecular Hbond substituents is 3. The molecule has 0 saturated carbocycles. The largest absolute Gasteiger partial charge is 0.508 e. The highest BCUT2D eigenvalue weighted by Crippen LogP contribution is 2.40. The Labute approximate surface area is 126 Å². The van der Waals surface area contributed by atoms with E-state index in [1.165, 1.54) is 24.3 Å². The van der Waals surface area contributed by atoms with E-state index in [-0.39, 0.29) is 22.8 Å². The van der Waals surface area contributed by atoms with Gasteiger partial charge in [-0.2, -0.15) is 0 Å². The van der Waals surface area contributed by atoms with Crippen LogP contribution in [0.3, 0.4) is 0 Å². The first kappa shape index (κ1) is 13.9. The molecule has 4 heteroatoms. The van der Waals surface area contributed by atoms with Crippen molar-refractivity contribution in [2.24, 2.45) is 0 Å². The van der Waals surface area contributed by atoms with Crippen molar-refractivity contribution < 1.29 is 20.1 Å². The van der Waals surface area contributed by atoms with Crippen LogP contribution in [0.5, 0.6) is 17.2 Å². The van der Waals surface area contributed by atoms with Crippen molar-refractivity contribution in [3.05, 3.63) is 65.2 Å². The van der Waals surface area contributed by atoms with E-state index >= 15 is 0 Å². The summed E-state index contributed by atoms with van der Waals surface area (Å²) in [7, 11) is 0. The van der Waals surface area contributed by atoms with Gasteiger partial charge in [-0.1, -0.05) is 24.3 Å². The number of carbonyl (C=O) groups excluding carboxylic acids is 1. The van der Waals surface area contributed by atoms with E-state index in [4.69, 9.17) is 0 Å². The number of hydrogen-bond donors (Lipinski definition) is 3. The van der Waals surface area contributed by atoms with Crippen LogP contribution in [0.25, 0.3) is 10.8 Å².